The minimum atomic E-state index is -0.468. The van der Waals surface area contributed by atoms with E-state index in [1.165, 1.54) is 12.1 Å². The number of aromatic nitrogens is 4. The van der Waals surface area contributed by atoms with Gasteiger partial charge in [-0.15, -0.1) is 0 Å². The lowest BCUT2D eigenvalue weighted by Gasteiger charge is -2.33. The number of hydrogen-bond donors (Lipinski definition) is 4. The third kappa shape index (κ3) is 5.24. The van der Waals surface area contributed by atoms with E-state index >= 15 is 0 Å². The van der Waals surface area contributed by atoms with E-state index in [2.05, 4.69) is 35.9 Å². The van der Waals surface area contributed by atoms with Gasteiger partial charge in [-0.2, -0.15) is 9.97 Å². The molecule has 11 heteroatoms. The normalized spacial score (nSPS) is 16.9. The van der Waals surface area contributed by atoms with Crippen molar-refractivity contribution in [1.82, 2.24) is 25.3 Å². The molecular formula is C21H24FN9O. The third-order valence-corrected chi connectivity index (χ3v) is 5.09. The molecule has 0 saturated carbocycles. The van der Waals surface area contributed by atoms with Crippen LogP contribution < -0.4 is 26.6 Å². The highest BCUT2D eigenvalue weighted by Gasteiger charge is 2.25. The Labute approximate surface area is 184 Å². The molecule has 0 spiro atoms. The molecule has 4 rings (SSSR count). The largest absolute Gasteiger partial charge is 0.368 e. The van der Waals surface area contributed by atoms with Crippen LogP contribution >= 0.6 is 0 Å². The minimum absolute atomic E-state index is 0.170. The first-order chi connectivity index (χ1) is 15.5. The summed E-state index contributed by atoms with van der Waals surface area (Å²) in [5, 5.41) is 9.50. The van der Waals surface area contributed by atoms with Gasteiger partial charge in [0.1, 0.15) is 29.3 Å². The van der Waals surface area contributed by atoms with Gasteiger partial charge in [-0.3, -0.25) is 9.78 Å². The first kappa shape index (κ1) is 21.4. The Hall–Kier alpha value is -3.86. The van der Waals surface area contributed by atoms with Crippen molar-refractivity contribution in [2.75, 3.05) is 35.2 Å². The zero-order valence-corrected chi connectivity index (χ0v) is 17.5. The van der Waals surface area contributed by atoms with Gasteiger partial charge in [0.15, 0.2) is 0 Å². The van der Waals surface area contributed by atoms with Crippen molar-refractivity contribution >= 4 is 29.3 Å². The number of benzene rings is 1. The summed E-state index contributed by atoms with van der Waals surface area (Å²) in [5.41, 5.74) is 6.37. The number of hydrogen-bond acceptors (Lipinski definition) is 9. The zero-order valence-electron chi connectivity index (χ0n) is 17.5. The van der Waals surface area contributed by atoms with Crippen molar-refractivity contribution in [1.29, 1.82) is 0 Å². The smallest absolute Gasteiger partial charge is 0.236 e. The van der Waals surface area contributed by atoms with Crippen molar-refractivity contribution in [2.24, 2.45) is 5.73 Å². The third-order valence-electron chi connectivity index (χ3n) is 5.09. The number of nitrogens with two attached hydrogens (primary N) is 1. The molecule has 1 aliphatic rings. The molecule has 1 fully saturated rings. The van der Waals surface area contributed by atoms with E-state index in [0.29, 0.717) is 43.0 Å². The zero-order chi connectivity index (χ0) is 22.5. The Morgan fingerprint density at radius 3 is 2.78 bits per heavy atom. The Morgan fingerprint density at radius 1 is 1.25 bits per heavy atom. The maximum Gasteiger partial charge on any atom is 0.236 e. The summed E-state index contributed by atoms with van der Waals surface area (Å²) in [4.78, 5) is 31.1. The fourth-order valence-electron chi connectivity index (χ4n) is 3.40. The van der Waals surface area contributed by atoms with Crippen LogP contribution in [0.4, 0.5) is 27.8 Å². The van der Waals surface area contributed by atoms with Gasteiger partial charge < -0.3 is 26.6 Å². The lowest BCUT2D eigenvalue weighted by atomic mass is 10.1. The monoisotopic (exact) mass is 437 g/mol. The molecule has 0 aliphatic carbocycles. The Kier molecular flexibility index (Phi) is 6.36. The first-order valence-electron chi connectivity index (χ1n) is 10.2. The summed E-state index contributed by atoms with van der Waals surface area (Å²) >= 11 is 0. The van der Waals surface area contributed by atoms with E-state index in [-0.39, 0.29) is 11.9 Å². The molecule has 3 aromatic rings. The number of carbonyl (C=O) groups excluding carboxylic acids is 1. The maximum absolute atomic E-state index is 13.3. The molecule has 0 bridgehead atoms. The second-order valence-corrected chi connectivity index (χ2v) is 7.42. The molecule has 1 unspecified atom stereocenters. The molecular weight excluding hydrogens is 413 g/mol. The first-order valence-corrected chi connectivity index (χ1v) is 10.2. The summed E-state index contributed by atoms with van der Waals surface area (Å²) in [6.45, 7) is 3.58. The van der Waals surface area contributed by atoms with Crippen LogP contribution in [0.3, 0.4) is 0 Å². The molecule has 1 aromatic carbocycles. The van der Waals surface area contributed by atoms with Crippen LogP contribution in [0.25, 0.3) is 0 Å². The molecule has 3 heterocycles. The van der Waals surface area contributed by atoms with E-state index in [9.17, 15) is 9.18 Å². The van der Waals surface area contributed by atoms with Crippen molar-refractivity contribution < 1.29 is 9.18 Å². The van der Waals surface area contributed by atoms with Gasteiger partial charge in [0, 0.05) is 38.1 Å². The van der Waals surface area contributed by atoms with Gasteiger partial charge in [0.25, 0.3) is 0 Å². The van der Waals surface area contributed by atoms with Gasteiger partial charge >= 0.3 is 0 Å². The van der Waals surface area contributed by atoms with Crippen molar-refractivity contribution in [2.45, 2.75) is 19.0 Å². The number of primary amides is 1. The molecule has 1 amide bonds. The van der Waals surface area contributed by atoms with Crippen LogP contribution in [0.5, 0.6) is 0 Å². The summed E-state index contributed by atoms with van der Waals surface area (Å²) in [6.07, 6.45) is 4.75. The fraction of sp³-hybridized carbons (Fsp3) is 0.286. The lowest BCUT2D eigenvalue weighted by molar-refractivity contribution is -0.120. The van der Waals surface area contributed by atoms with E-state index in [1.807, 2.05) is 11.8 Å². The van der Waals surface area contributed by atoms with Gasteiger partial charge in [-0.25, -0.2) is 9.37 Å². The lowest BCUT2D eigenvalue weighted by Crippen LogP contribution is -2.56. The van der Waals surface area contributed by atoms with Crippen molar-refractivity contribution in [3.8, 4) is 0 Å². The van der Waals surface area contributed by atoms with E-state index < -0.39 is 11.9 Å². The number of carbonyl (C=O) groups is 1. The summed E-state index contributed by atoms with van der Waals surface area (Å²) in [5.74, 6) is 1.35. The minimum Gasteiger partial charge on any atom is -0.368 e. The average Bonchev–Trinajstić information content (AvgIpc) is 2.80. The number of anilines is 4. The van der Waals surface area contributed by atoms with Crippen LogP contribution in [0, 0.1) is 5.82 Å². The van der Waals surface area contributed by atoms with Crippen molar-refractivity contribution in [3.63, 3.8) is 0 Å². The van der Waals surface area contributed by atoms with Crippen LogP contribution in [0.15, 0.2) is 48.9 Å². The quantitative estimate of drug-likeness (QED) is 0.435. The van der Waals surface area contributed by atoms with Gasteiger partial charge in [-0.05, 0) is 24.6 Å². The Bertz CT molecular complexity index is 1060. The number of amides is 1. The Balaban J connectivity index is 1.62. The summed E-state index contributed by atoms with van der Waals surface area (Å²) in [7, 11) is 0. The van der Waals surface area contributed by atoms with Crippen LogP contribution in [-0.2, 0) is 4.79 Å². The van der Waals surface area contributed by atoms with Crippen LogP contribution in [-0.4, -0.2) is 51.5 Å². The number of piperazine rings is 1. The molecule has 0 radical (unpaired) electrons. The second kappa shape index (κ2) is 9.52. The molecule has 32 heavy (non-hydrogen) atoms. The van der Waals surface area contributed by atoms with Gasteiger partial charge in [-0.1, -0.05) is 12.1 Å². The van der Waals surface area contributed by atoms with Gasteiger partial charge in [0.2, 0.25) is 11.9 Å². The molecule has 1 aliphatic heterocycles. The molecule has 1 saturated heterocycles. The number of nitrogens with zero attached hydrogens (tertiary/aromatic N) is 5. The molecule has 2 aromatic heterocycles. The maximum atomic E-state index is 13.3. The predicted molar refractivity (Wildman–Crippen MR) is 119 cm³/mol. The van der Waals surface area contributed by atoms with Crippen LogP contribution in [0.1, 0.15) is 18.5 Å². The number of nitrogens with one attached hydrogen (secondary N) is 3. The average molecular weight is 437 g/mol. The van der Waals surface area contributed by atoms with Crippen molar-refractivity contribution in [3.05, 3.63) is 60.3 Å². The molecule has 5 N–H and O–H groups in total. The van der Waals surface area contributed by atoms with E-state index in [4.69, 9.17) is 5.73 Å². The molecule has 2 atom stereocenters. The summed E-state index contributed by atoms with van der Waals surface area (Å²) < 4.78 is 13.3. The van der Waals surface area contributed by atoms with E-state index in [1.54, 1.807) is 36.8 Å². The topological polar surface area (TPSA) is 134 Å². The number of rotatable bonds is 7. The highest BCUT2D eigenvalue weighted by Crippen LogP contribution is 2.24. The molecule has 166 valence electrons. The second-order valence-electron chi connectivity index (χ2n) is 7.42. The van der Waals surface area contributed by atoms with E-state index in [0.717, 1.165) is 5.56 Å². The fourth-order valence-corrected chi connectivity index (χ4v) is 3.40. The number of halogens is 1. The SMILES string of the molecule is C[C@H](Nc1nc(Nc2cnccn2)cc(N2CCNC(C(N)=O)C2)n1)c1ccc(F)cc1. The predicted octanol–water partition coefficient (Wildman–Crippen LogP) is 1.59. The highest BCUT2D eigenvalue weighted by molar-refractivity contribution is 5.81. The Morgan fingerprint density at radius 2 is 2.06 bits per heavy atom. The standard InChI is InChI=1S/C21H24FN9O/c1-13(14-2-4-15(22)5-3-14)27-21-29-17(28-18-11-24-6-7-26-18)10-19(30-21)31-9-8-25-16(12-31)20(23)32/h2-7,10-11,13,16,25H,8-9,12H2,1H3,(H2,23,32)(H2,26,27,28,29,30)/t13-,16?/m0/s1. The summed E-state index contributed by atoms with van der Waals surface area (Å²) in [6, 6.07) is 7.40. The van der Waals surface area contributed by atoms with Gasteiger partial charge in [0.05, 0.1) is 12.2 Å². The molecule has 10 nitrogen and oxygen atoms in total. The van der Waals surface area contributed by atoms with Crippen LogP contribution in [0.2, 0.25) is 0 Å². The highest BCUT2D eigenvalue weighted by atomic mass is 19.1.